The molecule has 1 spiro atoms. The lowest BCUT2D eigenvalue weighted by molar-refractivity contribution is -0.149. The van der Waals surface area contributed by atoms with Crippen LogP contribution >= 0.6 is 11.8 Å². The topological polar surface area (TPSA) is 41.5 Å². The lowest BCUT2D eigenvalue weighted by Gasteiger charge is -2.58. The predicted octanol–water partition coefficient (Wildman–Crippen LogP) is 2.82. The average Bonchev–Trinajstić information content (AvgIpc) is 2.49. The third-order valence-electron chi connectivity index (χ3n) is 5.02. The highest BCUT2D eigenvalue weighted by molar-refractivity contribution is 7.99. The van der Waals surface area contributed by atoms with Crippen LogP contribution in [0.15, 0.2) is 0 Å². The van der Waals surface area contributed by atoms with Gasteiger partial charge in [-0.2, -0.15) is 11.8 Å². The van der Waals surface area contributed by atoms with Crippen LogP contribution in [-0.2, 0) is 4.74 Å². The number of hydrogen-bond donors (Lipinski definition) is 2. The first-order valence-corrected chi connectivity index (χ1v) is 9.52. The molecule has 2 rings (SSSR count). The Bertz CT molecular complexity index is 269. The van der Waals surface area contributed by atoms with Gasteiger partial charge in [-0.3, -0.25) is 0 Å². The number of thioether (sulfide) groups is 1. The van der Waals surface area contributed by atoms with Crippen molar-refractivity contribution < 1.29 is 9.84 Å². The van der Waals surface area contributed by atoms with E-state index in [4.69, 9.17) is 9.84 Å². The van der Waals surface area contributed by atoms with Gasteiger partial charge in [0.05, 0.1) is 6.10 Å². The molecule has 0 bridgehead atoms. The highest BCUT2D eigenvalue weighted by Crippen LogP contribution is 2.53. The third kappa shape index (κ3) is 3.90. The van der Waals surface area contributed by atoms with E-state index in [0.717, 1.165) is 31.1 Å². The first kappa shape index (κ1) is 16.6. The molecular weight excluding hydrogens is 270 g/mol. The summed E-state index contributed by atoms with van der Waals surface area (Å²) in [7, 11) is 0. The molecule has 2 aliphatic rings. The molecule has 118 valence electrons. The standard InChI is InChI=1S/C16H31NO2S/c1-2-19-15-13-14(16(15)7-4-3-5-8-16)17-9-12-20-11-6-10-18/h14-15,17-18H,2-13H2,1H3. The first-order valence-electron chi connectivity index (χ1n) is 8.37. The Balaban J connectivity index is 1.71. The fourth-order valence-corrected chi connectivity index (χ4v) is 4.72. The van der Waals surface area contributed by atoms with Crippen molar-refractivity contribution in [1.82, 2.24) is 5.32 Å². The molecule has 2 fully saturated rings. The summed E-state index contributed by atoms with van der Waals surface area (Å²) in [5.74, 6) is 2.24. The third-order valence-corrected chi connectivity index (χ3v) is 6.09. The summed E-state index contributed by atoms with van der Waals surface area (Å²) >= 11 is 1.95. The zero-order chi connectivity index (χ0) is 14.3. The molecule has 3 nitrogen and oxygen atoms in total. The van der Waals surface area contributed by atoms with E-state index in [-0.39, 0.29) is 0 Å². The lowest BCUT2D eigenvalue weighted by atomic mass is 9.55. The van der Waals surface area contributed by atoms with E-state index >= 15 is 0 Å². The van der Waals surface area contributed by atoms with Crippen molar-refractivity contribution in [3.63, 3.8) is 0 Å². The zero-order valence-electron chi connectivity index (χ0n) is 12.9. The van der Waals surface area contributed by atoms with Crippen molar-refractivity contribution in [2.24, 2.45) is 5.41 Å². The largest absolute Gasteiger partial charge is 0.396 e. The second-order valence-electron chi connectivity index (χ2n) is 6.17. The van der Waals surface area contributed by atoms with E-state index in [9.17, 15) is 0 Å². The Morgan fingerprint density at radius 1 is 1.25 bits per heavy atom. The smallest absolute Gasteiger partial charge is 0.0661 e. The summed E-state index contributed by atoms with van der Waals surface area (Å²) in [5.41, 5.74) is 0.448. The van der Waals surface area contributed by atoms with Crippen LogP contribution in [0, 0.1) is 5.41 Å². The van der Waals surface area contributed by atoms with Gasteiger partial charge in [0.1, 0.15) is 0 Å². The van der Waals surface area contributed by atoms with Gasteiger partial charge in [-0.15, -0.1) is 0 Å². The van der Waals surface area contributed by atoms with E-state index in [1.165, 1.54) is 38.5 Å². The highest BCUT2D eigenvalue weighted by Gasteiger charge is 2.55. The van der Waals surface area contributed by atoms with Gasteiger partial charge in [0.15, 0.2) is 0 Å². The molecule has 0 aromatic rings. The molecule has 2 N–H and O–H groups in total. The van der Waals surface area contributed by atoms with Crippen LogP contribution in [0.2, 0.25) is 0 Å². The summed E-state index contributed by atoms with van der Waals surface area (Å²) < 4.78 is 5.99. The van der Waals surface area contributed by atoms with Gasteiger partial charge in [-0.05, 0) is 38.4 Å². The summed E-state index contributed by atoms with van der Waals surface area (Å²) in [4.78, 5) is 0. The minimum atomic E-state index is 0.322. The average molecular weight is 301 g/mol. The molecule has 0 heterocycles. The Hall–Kier alpha value is 0.230. The monoisotopic (exact) mass is 301 g/mol. The predicted molar refractivity (Wildman–Crippen MR) is 86.4 cm³/mol. The Labute approximate surface area is 128 Å². The second-order valence-corrected chi connectivity index (χ2v) is 7.39. The molecule has 2 unspecified atom stereocenters. The normalized spacial score (nSPS) is 28.5. The maximum absolute atomic E-state index is 8.76. The SMILES string of the molecule is CCOC1CC(NCCSCCCO)C12CCCCC2. The Kier molecular flexibility index (Phi) is 7.15. The van der Waals surface area contributed by atoms with Crippen LogP contribution in [-0.4, -0.2) is 48.5 Å². The van der Waals surface area contributed by atoms with E-state index in [2.05, 4.69) is 12.2 Å². The molecule has 2 atom stereocenters. The van der Waals surface area contributed by atoms with Crippen LogP contribution in [0.3, 0.4) is 0 Å². The van der Waals surface area contributed by atoms with Crippen LogP contribution in [0.1, 0.15) is 51.9 Å². The van der Waals surface area contributed by atoms with Crippen molar-refractivity contribution in [3.8, 4) is 0 Å². The molecule has 0 aromatic heterocycles. The van der Waals surface area contributed by atoms with E-state index in [1.807, 2.05) is 11.8 Å². The molecule has 0 saturated heterocycles. The number of aliphatic hydroxyl groups is 1. The van der Waals surface area contributed by atoms with Gasteiger partial charge in [0.25, 0.3) is 0 Å². The molecule has 0 amide bonds. The maximum atomic E-state index is 8.76. The minimum absolute atomic E-state index is 0.322. The molecule has 0 aromatic carbocycles. The molecule has 20 heavy (non-hydrogen) atoms. The van der Waals surface area contributed by atoms with Crippen molar-refractivity contribution in [3.05, 3.63) is 0 Å². The maximum Gasteiger partial charge on any atom is 0.0661 e. The molecule has 2 aliphatic carbocycles. The van der Waals surface area contributed by atoms with Crippen LogP contribution in [0.5, 0.6) is 0 Å². The fraction of sp³-hybridized carbons (Fsp3) is 1.00. The van der Waals surface area contributed by atoms with Crippen LogP contribution < -0.4 is 5.32 Å². The quantitative estimate of drug-likeness (QED) is 0.643. The molecule has 0 aliphatic heterocycles. The number of ether oxygens (including phenoxy) is 1. The van der Waals surface area contributed by atoms with Gasteiger partial charge in [0, 0.05) is 37.0 Å². The molecule has 0 radical (unpaired) electrons. The lowest BCUT2D eigenvalue weighted by Crippen LogP contribution is -2.64. The summed E-state index contributed by atoms with van der Waals surface area (Å²) in [6.07, 6.45) is 9.51. The Morgan fingerprint density at radius 2 is 2.05 bits per heavy atom. The fourth-order valence-electron chi connectivity index (χ4n) is 3.92. The van der Waals surface area contributed by atoms with Crippen molar-refractivity contribution in [2.75, 3.05) is 31.3 Å². The number of hydrogen-bond acceptors (Lipinski definition) is 4. The van der Waals surface area contributed by atoms with Crippen LogP contribution in [0.25, 0.3) is 0 Å². The van der Waals surface area contributed by atoms with Crippen molar-refractivity contribution in [2.45, 2.75) is 64.0 Å². The molecule has 2 saturated carbocycles. The second kappa shape index (κ2) is 8.62. The molecular formula is C16H31NO2S. The summed E-state index contributed by atoms with van der Waals surface area (Å²) in [6.45, 7) is 4.40. The van der Waals surface area contributed by atoms with Crippen LogP contribution in [0.4, 0.5) is 0 Å². The van der Waals surface area contributed by atoms with Gasteiger partial charge in [-0.25, -0.2) is 0 Å². The van der Waals surface area contributed by atoms with Gasteiger partial charge < -0.3 is 15.2 Å². The number of rotatable bonds is 9. The number of aliphatic hydroxyl groups excluding tert-OH is 1. The summed E-state index contributed by atoms with van der Waals surface area (Å²) in [6, 6.07) is 0.679. The Morgan fingerprint density at radius 3 is 2.75 bits per heavy atom. The zero-order valence-corrected chi connectivity index (χ0v) is 13.7. The van der Waals surface area contributed by atoms with Gasteiger partial charge in [0.2, 0.25) is 0 Å². The first-order chi connectivity index (χ1) is 9.83. The van der Waals surface area contributed by atoms with Crippen molar-refractivity contribution >= 4 is 11.8 Å². The summed E-state index contributed by atoms with van der Waals surface area (Å²) in [5, 5.41) is 12.5. The molecule has 4 heteroatoms. The number of nitrogens with one attached hydrogen (secondary N) is 1. The van der Waals surface area contributed by atoms with Gasteiger partial charge in [-0.1, -0.05) is 19.3 Å². The van der Waals surface area contributed by atoms with Gasteiger partial charge >= 0.3 is 0 Å². The van der Waals surface area contributed by atoms with E-state index in [0.29, 0.717) is 24.2 Å². The van der Waals surface area contributed by atoms with E-state index < -0.39 is 0 Å². The highest BCUT2D eigenvalue weighted by atomic mass is 32.2. The minimum Gasteiger partial charge on any atom is -0.396 e. The van der Waals surface area contributed by atoms with E-state index in [1.54, 1.807) is 0 Å². The van der Waals surface area contributed by atoms with Crippen molar-refractivity contribution in [1.29, 1.82) is 0 Å².